The Kier molecular flexibility index (Phi) is 12.2. The molecule has 0 spiro atoms. The molecule has 3 aliphatic rings. The predicted molar refractivity (Wildman–Crippen MR) is 257 cm³/mol. The largest absolute Gasteiger partial charge is 0.368 e. The molecule has 3 amide bonds. The van der Waals surface area contributed by atoms with Gasteiger partial charge in [-0.25, -0.2) is 15.0 Å². The molecule has 2 saturated heterocycles. The van der Waals surface area contributed by atoms with Crippen molar-refractivity contribution in [1.82, 2.24) is 35.5 Å². The Hall–Kier alpha value is -7.08. The lowest BCUT2D eigenvalue weighted by Gasteiger charge is -2.34. The van der Waals surface area contributed by atoms with Crippen LogP contribution in [0.25, 0.3) is 22.3 Å². The van der Waals surface area contributed by atoms with Gasteiger partial charge in [0, 0.05) is 102 Å². The molecule has 2 bridgehead atoms. The fraction of sp³-hybridized carbons (Fsp3) is 0.250. The van der Waals surface area contributed by atoms with Crippen molar-refractivity contribution in [2.75, 3.05) is 41.5 Å². The van der Waals surface area contributed by atoms with Crippen LogP contribution in [0.3, 0.4) is 0 Å². The van der Waals surface area contributed by atoms with Crippen LogP contribution >= 0.6 is 22.7 Å². The number of anilines is 3. The van der Waals surface area contributed by atoms with Crippen LogP contribution in [0.2, 0.25) is 0 Å². The number of piperazine rings is 1. The van der Waals surface area contributed by atoms with Gasteiger partial charge in [-0.1, -0.05) is 54.6 Å². The Morgan fingerprint density at radius 2 is 1.62 bits per heavy atom. The van der Waals surface area contributed by atoms with Gasteiger partial charge in [0.25, 0.3) is 11.8 Å². The highest BCUT2D eigenvalue weighted by atomic mass is 32.1. The van der Waals surface area contributed by atoms with Crippen molar-refractivity contribution in [1.29, 1.82) is 0 Å². The third-order valence-corrected chi connectivity index (χ3v) is 13.4. The normalized spacial score (nSPS) is 17.5. The number of nitrogens with one attached hydrogen (secondary N) is 4. The van der Waals surface area contributed by atoms with E-state index in [9.17, 15) is 14.4 Å². The average molecular weight is 903 g/mol. The molecule has 0 aliphatic carbocycles. The van der Waals surface area contributed by atoms with Gasteiger partial charge in [-0.3, -0.25) is 19.8 Å². The predicted octanol–water partition coefficient (Wildman–Crippen LogP) is 6.96. The summed E-state index contributed by atoms with van der Waals surface area (Å²) in [6.45, 7) is 3.94. The number of unbranched alkanes of at least 4 members (excludes halogenated alkanes) is 1. The number of fused-ring (bicyclic) bond motifs is 3. The van der Waals surface area contributed by atoms with Crippen LogP contribution in [0.4, 0.5) is 16.0 Å². The summed E-state index contributed by atoms with van der Waals surface area (Å²) in [5.74, 6) is -0.698. The van der Waals surface area contributed by atoms with E-state index in [0.717, 1.165) is 61.1 Å². The highest BCUT2D eigenvalue weighted by Gasteiger charge is 2.36. The van der Waals surface area contributed by atoms with Crippen LogP contribution in [-0.4, -0.2) is 86.9 Å². The van der Waals surface area contributed by atoms with Crippen LogP contribution in [-0.2, 0) is 17.8 Å². The number of carbonyl (C=O) groups is 3. The first-order valence-corrected chi connectivity index (χ1v) is 23.6. The number of carbonyl (C=O) groups excluding carboxylic acids is 3. The van der Waals surface area contributed by atoms with E-state index in [-0.39, 0.29) is 17.5 Å². The second kappa shape index (κ2) is 18.9. The molecule has 15 nitrogen and oxygen atoms in total. The third-order valence-electron chi connectivity index (χ3n) is 11.9. The Morgan fingerprint density at radius 1 is 0.831 bits per heavy atom. The van der Waals surface area contributed by atoms with Gasteiger partial charge in [0.05, 0.1) is 11.3 Å². The highest BCUT2D eigenvalue weighted by molar-refractivity contribution is 7.14. The van der Waals surface area contributed by atoms with Crippen LogP contribution in [0.1, 0.15) is 57.5 Å². The average Bonchev–Trinajstić information content (AvgIpc) is 4.21. The fourth-order valence-electron chi connectivity index (χ4n) is 8.48. The Bertz CT molecular complexity index is 2860. The number of aromatic nitrogens is 4. The standard InChI is InChI=1S/C48H46N12O3S2/c61-44(34-12-10-32(11-13-34)40-30-65-48(54-40)60-46(63)42(55-56-47-51-22-25-64-47)41(57-60)33-6-2-1-3-7-33)49-20-4-5-23-58-24-19-35-26-36(27-52-43(35)58)45(62)50-21-18-31-8-16-39(17-9-31)59-28-37-14-15-38(29-59)53-37/h1-3,6-13,16-17,19,22,24-27,30,37-38,53H,4-5,14-15,18,20-21,23,28-29H2,(H,49,61)(H,50,62)(H,51,56)/b55-42+/t37-,38+. The molecule has 2 fully saturated rings. The minimum atomic E-state index is -0.407. The van der Waals surface area contributed by atoms with E-state index in [1.54, 1.807) is 24.5 Å². The van der Waals surface area contributed by atoms with Gasteiger partial charge in [-0.05, 0) is 74.1 Å². The summed E-state index contributed by atoms with van der Waals surface area (Å²) >= 11 is 2.66. The number of pyridine rings is 1. The minimum Gasteiger partial charge on any atom is -0.368 e. The molecule has 4 aromatic heterocycles. The zero-order chi connectivity index (χ0) is 44.1. The summed E-state index contributed by atoms with van der Waals surface area (Å²) in [4.78, 5) is 55.7. The van der Waals surface area contributed by atoms with Crippen molar-refractivity contribution >= 4 is 78.8 Å². The van der Waals surface area contributed by atoms with Gasteiger partial charge >= 0.3 is 5.91 Å². The van der Waals surface area contributed by atoms with Crippen molar-refractivity contribution < 1.29 is 14.4 Å². The molecule has 10 rings (SSSR count). The van der Waals surface area contributed by atoms with E-state index in [2.05, 4.69) is 75.3 Å². The van der Waals surface area contributed by atoms with Crippen molar-refractivity contribution in [2.24, 2.45) is 10.2 Å². The zero-order valence-corrected chi connectivity index (χ0v) is 37.0. The molecule has 0 unspecified atom stereocenters. The summed E-state index contributed by atoms with van der Waals surface area (Å²) < 4.78 is 2.08. The topological polar surface area (TPSA) is 174 Å². The van der Waals surface area contributed by atoms with Crippen LogP contribution in [0, 0.1) is 0 Å². The summed E-state index contributed by atoms with van der Waals surface area (Å²) in [7, 11) is 0. The fourth-order valence-corrected chi connectivity index (χ4v) is 9.73. The number of rotatable bonds is 16. The van der Waals surface area contributed by atoms with Gasteiger partial charge in [-0.2, -0.15) is 15.2 Å². The number of thiazole rings is 2. The summed E-state index contributed by atoms with van der Waals surface area (Å²) in [6.07, 6.45) is 10.2. The summed E-state index contributed by atoms with van der Waals surface area (Å²) in [5.41, 5.74) is 10.0. The number of aryl methyl sites for hydroxylation is 1. The van der Waals surface area contributed by atoms with E-state index in [1.807, 2.05) is 71.6 Å². The van der Waals surface area contributed by atoms with E-state index < -0.39 is 5.91 Å². The molecule has 328 valence electrons. The second-order valence-corrected chi connectivity index (χ2v) is 18.0. The van der Waals surface area contributed by atoms with E-state index in [0.29, 0.717) is 58.0 Å². The molecule has 3 aromatic carbocycles. The number of amides is 3. The third kappa shape index (κ3) is 9.43. The van der Waals surface area contributed by atoms with Gasteiger partial charge < -0.3 is 25.4 Å². The molecule has 17 heteroatoms. The Balaban J connectivity index is 0.671. The Labute approximate surface area is 383 Å². The first kappa shape index (κ1) is 41.9. The monoisotopic (exact) mass is 902 g/mol. The van der Waals surface area contributed by atoms with Crippen LogP contribution in [0.15, 0.2) is 131 Å². The molecular formula is C48H46N12O3S2. The summed E-state index contributed by atoms with van der Waals surface area (Å²) in [6, 6.07) is 30.5. The number of nitrogens with zero attached hydrogens (tertiary/aromatic N) is 8. The highest BCUT2D eigenvalue weighted by Crippen LogP contribution is 2.31. The Morgan fingerprint density at radius 3 is 2.40 bits per heavy atom. The molecule has 0 radical (unpaired) electrons. The first-order chi connectivity index (χ1) is 31.9. The lowest BCUT2D eigenvalue weighted by molar-refractivity contribution is -0.112. The second-order valence-electron chi connectivity index (χ2n) is 16.3. The first-order valence-electron chi connectivity index (χ1n) is 21.8. The number of hydrogen-bond acceptors (Lipinski definition) is 13. The van der Waals surface area contributed by atoms with E-state index in [4.69, 9.17) is 4.98 Å². The molecule has 65 heavy (non-hydrogen) atoms. The molecule has 2 atom stereocenters. The van der Waals surface area contributed by atoms with Crippen molar-refractivity contribution in [3.05, 3.63) is 143 Å². The lowest BCUT2D eigenvalue weighted by atomic mass is 10.1. The van der Waals surface area contributed by atoms with E-state index in [1.165, 1.54) is 51.8 Å². The smallest absolute Gasteiger partial charge is 0.303 e. The number of hydrazone groups is 2. The maximum Gasteiger partial charge on any atom is 0.303 e. The lowest BCUT2D eigenvalue weighted by Crippen LogP contribution is -2.51. The molecule has 4 N–H and O–H groups in total. The van der Waals surface area contributed by atoms with Crippen molar-refractivity contribution in [3.63, 3.8) is 0 Å². The summed E-state index contributed by atoms with van der Waals surface area (Å²) in [5, 5.41) is 25.6. The number of benzene rings is 3. The molecule has 7 heterocycles. The van der Waals surface area contributed by atoms with Crippen LogP contribution < -0.4 is 31.3 Å². The SMILES string of the molecule is O=C(NCCCCn1ccc2cc(C(=O)NCCc3ccc(N4C[C@H]5CC[C@@H](C4)N5)cc3)cnc21)c1ccc(-c2csc(N3N=C(c4ccccc4)/C(=N\Nc4nccs4)C3=O)n2)cc1. The minimum absolute atomic E-state index is 0.132. The molecule has 3 aliphatic heterocycles. The molecule has 7 aromatic rings. The van der Waals surface area contributed by atoms with Gasteiger partial charge in [0.1, 0.15) is 11.4 Å². The van der Waals surface area contributed by atoms with Crippen molar-refractivity contribution in [3.8, 4) is 11.3 Å². The number of hydrogen-bond donors (Lipinski definition) is 4. The van der Waals surface area contributed by atoms with Gasteiger partial charge in [0.15, 0.2) is 5.71 Å². The van der Waals surface area contributed by atoms with E-state index >= 15 is 0 Å². The van der Waals surface area contributed by atoms with Crippen molar-refractivity contribution in [2.45, 2.75) is 50.7 Å². The van der Waals surface area contributed by atoms with Gasteiger partial charge in [-0.15, -0.1) is 22.7 Å². The zero-order valence-electron chi connectivity index (χ0n) is 35.4. The molecular weight excluding hydrogens is 857 g/mol. The van der Waals surface area contributed by atoms with Gasteiger partial charge in [0.2, 0.25) is 10.3 Å². The quantitative estimate of drug-likeness (QED) is 0.0591. The maximum absolute atomic E-state index is 13.6. The maximum atomic E-state index is 13.6. The van der Waals surface area contributed by atoms with Crippen LogP contribution in [0.5, 0.6) is 0 Å². The molecule has 0 saturated carbocycles.